The number of carboxylic acid groups (broad SMARTS) is 1. The second-order valence-corrected chi connectivity index (χ2v) is 6.16. The van der Waals surface area contributed by atoms with E-state index in [1.165, 1.54) is 24.3 Å². The number of nitrogens with one attached hydrogen (secondary N) is 1. The molecule has 7 heteroatoms. The van der Waals surface area contributed by atoms with Crippen molar-refractivity contribution in [2.24, 2.45) is 0 Å². The van der Waals surface area contributed by atoms with Gasteiger partial charge in [-0.1, -0.05) is 23.5 Å². The van der Waals surface area contributed by atoms with Gasteiger partial charge in [0.05, 0.1) is 15.8 Å². The minimum absolute atomic E-state index is 0.0881. The van der Waals surface area contributed by atoms with Crippen molar-refractivity contribution >= 4 is 39.1 Å². The van der Waals surface area contributed by atoms with E-state index in [9.17, 15) is 14.4 Å². The molecule has 0 radical (unpaired) electrons. The van der Waals surface area contributed by atoms with Gasteiger partial charge in [-0.25, -0.2) is 4.79 Å². The van der Waals surface area contributed by atoms with Crippen molar-refractivity contribution < 1.29 is 14.7 Å². The summed E-state index contributed by atoms with van der Waals surface area (Å²) in [5.41, 5.74) is 1.50. The fraction of sp³-hybridized carbons (Fsp3) is 0.118. The van der Waals surface area contributed by atoms with Gasteiger partial charge in [0.2, 0.25) is 5.91 Å². The van der Waals surface area contributed by atoms with Gasteiger partial charge in [-0.2, -0.15) is 0 Å². The zero-order valence-corrected chi connectivity index (χ0v) is 13.4. The van der Waals surface area contributed by atoms with Crippen LogP contribution in [0.1, 0.15) is 16.8 Å². The number of benzene rings is 2. The van der Waals surface area contributed by atoms with Crippen LogP contribution in [0, 0.1) is 0 Å². The fourth-order valence-electron chi connectivity index (χ4n) is 2.36. The molecule has 2 aromatic carbocycles. The smallest absolute Gasteiger partial charge is 0.335 e. The number of rotatable bonds is 5. The fourth-order valence-corrected chi connectivity index (χ4v) is 3.28. The number of aryl methyl sites for hydroxylation is 1. The average molecular weight is 342 g/mol. The summed E-state index contributed by atoms with van der Waals surface area (Å²) in [5, 5.41) is 11.5. The number of aromatic nitrogens is 1. The highest BCUT2D eigenvalue weighted by atomic mass is 32.1. The first kappa shape index (κ1) is 15.9. The van der Waals surface area contributed by atoms with Gasteiger partial charge in [0.15, 0.2) is 0 Å². The molecule has 24 heavy (non-hydrogen) atoms. The largest absolute Gasteiger partial charge is 0.478 e. The zero-order valence-electron chi connectivity index (χ0n) is 12.6. The lowest BCUT2D eigenvalue weighted by Crippen LogP contribution is -2.19. The maximum Gasteiger partial charge on any atom is 0.335 e. The lowest BCUT2D eigenvalue weighted by molar-refractivity contribution is -0.116. The first-order valence-corrected chi connectivity index (χ1v) is 8.08. The zero-order chi connectivity index (χ0) is 17.1. The quantitative estimate of drug-likeness (QED) is 0.746. The SMILES string of the molecule is O=C(CCn1c(=O)sc2ccccc21)Nc1ccc(C(=O)O)cc1. The van der Waals surface area contributed by atoms with E-state index in [-0.39, 0.29) is 22.8 Å². The molecule has 1 heterocycles. The van der Waals surface area contributed by atoms with Crippen LogP contribution < -0.4 is 10.2 Å². The minimum atomic E-state index is -1.02. The molecule has 0 saturated heterocycles. The van der Waals surface area contributed by atoms with Crippen LogP contribution in [0.4, 0.5) is 5.69 Å². The van der Waals surface area contributed by atoms with Gasteiger partial charge in [-0.15, -0.1) is 0 Å². The van der Waals surface area contributed by atoms with Gasteiger partial charge in [-0.05, 0) is 36.4 Å². The second kappa shape index (κ2) is 6.67. The highest BCUT2D eigenvalue weighted by Crippen LogP contribution is 2.17. The van der Waals surface area contributed by atoms with Crippen LogP contribution in [-0.2, 0) is 11.3 Å². The highest BCUT2D eigenvalue weighted by molar-refractivity contribution is 7.16. The van der Waals surface area contributed by atoms with Crippen LogP contribution in [0.15, 0.2) is 53.3 Å². The summed E-state index contributed by atoms with van der Waals surface area (Å²) in [6, 6.07) is 13.4. The van der Waals surface area contributed by atoms with Crippen molar-refractivity contribution in [1.29, 1.82) is 0 Å². The maximum atomic E-state index is 12.0. The van der Waals surface area contributed by atoms with Gasteiger partial charge in [0, 0.05) is 18.7 Å². The van der Waals surface area contributed by atoms with Crippen molar-refractivity contribution in [1.82, 2.24) is 4.57 Å². The number of hydrogen-bond donors (Lipinski definition) is 2. The topological polar surface area (TPSA) is 88.4 Å². The predicted molar refractivity (Wildman–Crippen MR) is 92.7 cm³/mol. The molecule has 3 aromatic rings. The number of carboxylic acids is 1. The molecule has 0 fully saturated rings. The molecular weight excluding hydrogens is 328 g/mol. The molecule has 3 rings (SSSR count). The Morgan fingerprint density at radius 2 is 1.79 bits per heavy atom. The third-order valence-electron chi connectivity index (χ3n) is 3.55. The van der Waals surface area contributed by atoms with E-state index >= 15 is 0 Å². The summed E-state index contributed by atoms with van der Waals surface area (Å²) < 4.78 is 2.49. The molecule has 0 unspecified atom stereocenters. The van der Waals surface area contributed by atoms with Crippen LogP contribution in [0.2, 0.25) is 0 Å². The van der Waals surface area contributed by atoms with Crippen molar-refractivity contribution in [3.05, 3.63) is 63.8 Å². The number of anilines is 1. The first-order valence-electron chi connectivity index (χ1n) is 7.26. The van der Waals surface area contributed by atoms with Crippen LogP contribution in [0.3, 0.4) is 0 Å². The summed E-state index contributed by atoms with van der Waals surface area (Å²) in [5.74, 6) is -1.25. The van der Waals surface area contributed by atoms with E-state index in [0.29, 0.717) is 12.2 Å². The summed E-state index contributed by atoms with van der Waals surface area (Å²) in [6.07, 6.45) is 0.154. The maximum absolute atomic E-state index is 12.0. The Morgan fingerprint density at radius 3 is 2.50 bits per heavy atom. The lowest BCUT2D eigenvalue weighted by Gasteiger charge is -2.06. The number of carbonyl (C=O) groups is 2. The molecule has 0 saturated carbocycles. The molecule has 122 valence electrons. The molecular formula is C17H14N2O4S. The lowest BCUT2D eigenvalue weighted by atomic mass is 10.2. The van der Waals surface area contributed by atoms with Crippen molar-refractivity contribution in [3.63, 3.8) is 0 Å². The molecule has 1 amide bonds. The van der Waals surface area contributed by atoms with E-state index in [2.05, 4.69) is 5.32 Å². The monoisotopic (exact) mass is 342 g/mol. The molecule has 0 atom stereocenters. The standard InChI is InChI=1S/C17H14N2O4S/c20-15(18-12-7-5-11(6-8-12)16(21)22)9-10-19-13-3-1-2-4-14(13)24-17(19)23/h1-8H,9-10H2,(H,18,20)(H,21,22). The number of nitrogens with zero attached hydrogens (tertiary/aromatic N) is 1. The summed E-state index contributed by atoms with van der Waals surface area (Å²) in [6.45, 7) is 0.294. The van der Waals surface area contributed by atoms with Crippen LogP contribution >= 0.6 is 11.3 Å². The number of amides is 1. The Kier molecular flexibility index (Phi) is 4.43. The third-order valence-corrected chi connectivity index (χ3v) is 4.51. The molecule has 2 N–H and O–H groups in total. The van der Waals surface area contributed by atoms with Crippen LogP contribution in [0.5, 0.6) is 0 Å². The molecule has 0 aliphatic heterocycles. The van der Waals surface area contributed by atoms with Gasteiger partial charge in [0.1, 0.15) is 0 Å². The minimum Gasteiger partial charge on any atom is -0.478 e. The Hall–Kier alpha value is -2.93. The van der Waals surface area contributed by atoms with E-state index in [1.807, 2.05) is 24.3 Å². The second-order valence-electron chi connectivity index (χ2n) is 5.17. The van der Waals surface area contributed by atoms with Gasteiger partial charge in [-0.3, -0.25) is 14.2 Å². The first-order chi connectivity index (χ1) is 11.5. The number of fused-ring (bicyclic) bond motifs is 1. The van der Waals surface area contributed by atoms with Crippen molar-refractivity contribution in [2.75, 3.05) is 5.32 Å². The molecule has 0 aliphatic rings. The summed E-state index contributed by atoms with van der Waals surface area (Å²) >= 11 is 1.16. The van der Waals surface area contributed by atoms with Gasteiger partial charge < -0.3 is 10.4 Å². The van der Waals surface area contributed by atoms with Crippen LogP contribution in [0.25, 0.3) is 10.2 Å². The van der Waals surface area contributed by atoms with Gasteiger partial charge >= 0.3 is 10.8 Å². The normalized spacial score (nSPS) is 10.7. The van der Waals surface area contributed by atoms with E-state index < -0.39 is 5.97 Å². The van der Waals surface area contributed by atoms with E-state index in [0.717, 1.165) is 21.6 Å². The number of para-hydroxylation sites is 1. The Labute approximate surface area is 141 Å². The van der Waals surface area contributed by atoms with E-state index in [4.69, 9.17) is 5.11 Å². The summed E-state index contributed by atoms with van der Waals surface area (Å²) in [4.78, 5) is 34.7. The summed E-state index contributed by atoms with van der Waals surface area (Å²) in [7, 11) is 0. The molecule has 0 bridgehead atoms. The van der Waals surface area contributed by atoms with Crippen LogP contribution in [-0.4, -0.2) is 21.6 Å². The third kappa shape index (κ3) is 3.36. The Bertz CT molecular complexity index is 957. The molecule has 6 nitrogen and oxygen atoms in total. The number of hydrogen-bond acceptors (Lipinski definition) is 4. The number of carbonyl (C=O) groups excluding carboxylic acids is 1. The molecule has 0 spiro atoms. The number of thiazole rings is 1. The molecule has 0 aliphatic carbocycles. The van der Waals surface area contributed by atoms with Crippen molar-refractivity contribution in [3.8, 4) is 0 Å². The Morgan fingerprint density at radius 1 is 1.08 bits per heavy atom. The molecule has 1 aromatic heterocycles. The van der Waals surface area contributed by atoms with E-state index in [1.54, 1.807) is 4.57 Å². The van der Waals surface area contributed by atoms with Crippen molar-refractivity contribution in [2.45, 2.75) is 13.0 Å². The number of aromatic carboxylic acids is 1. The highest BCUT2D eigenvalue weighted by Gasteiger charge is 2.09. The van der Waals surface area contributed by atoms with Gasteiger partial charge in [0.25, 0.3) is 0 Å². The predicted octanol–water partition coefficient (Wildman–Crippen LogP) is 2.79. The average Bonchev–Trinajstić information content (AvgIpc) is 2.88. The Balaban J connectivity index is 1.66.